The lowest BCUT2D eigenvalue weighted by molar-refractivity contribution is -0.133. The molecule has 1 aliphatic heterocycles. The van der Waals surface area contributed by atoms with Gasteiger partial charge in [-0.3, -0.25) is 9.78 Å². The number of aromatic nitrogens is 1. The Morgan fingerprint density at radius 3 is 2.29 bits per heavy atom. The maximum atomic E-state index is 13.1. The predicted molar refractivity (Wildman–Crippen MR) is 95.3 cm³/mol. The molecule has 2 heterocycles. The highest BCUT2D eigenvalue weighted by atomic mass is 19.3. The van der Waals surface area contributed by atoms with Crippen molar-refractivity contribution < 1.29 is 28.2 Å². The van der Waals surface area contributed by atoms with Crippen molar-refractivity contribution in [2.75, 3.05) is 19.8 Å². The number of nitrogens with zero attached hydrogens (tertiary/aromatic N) is 1. The van der Waals surface area contributed by atoms with Crippen LogP contribution in [0.25, 0.3) is 11.1 Å². The molecule has 3 rings (SSSR count). The number of amides is 1. The molecule has 28 heavy (non-hydrogen) atoms. The van der Waals surface area contributed by atoms with Crippen molar-refractivity contribution in [3.8, 4) is 11.1 Å². The Morgan fingerprint density at radius 2 is 1.82 bits per heavy atom. The standard InChI is InChI=1S/C19H20F3N3O3/c20-7-14(25-18(27)17(21)22)16(26)12-3-1-11(2-4-12)13-5-6-15(24-8-13)19(28)9-23-10-19/h1-6,8,14,16-17,23,26,28H,7,9-10H2,(H,25,27)/t14-,16+/m1/s1. The summed E-state index contributed by atoms with van der Waals surface area (Å²) in [6, 6.07) is 8.45. The van der Waals surface area contributed by atoms with Gasteiger partial charge in [-0.2, -0.15) is 8.78 Å². The molecule has 1 aromatic carbocycles. The number of hydrogen-bond donors (Lipinski definition) is 4. The van der Waals surface area contributed by atoms with Crippen LogP contribution in [0.4, 0.5) is 13.2 Å². The number of alkyl halides is 3. The van der Waals surface area contributed by atoms with Gasteiger partial charge in [-0.05, 0) is 17.2 Å². The van der Waals surface area contributed by atoms with Crippen LogP contribution in [-0.2, 0) is 10.4 Å². The molecule has 2 aromatic rings. The summed E-state index contributed by atoms with van der Waals surface area (Å²) in [4.78, 5) is 15.3. The fourth-order valence-corrected chi connectivity index (χ4v) is 2.94. The van der Waals surface area contributed by atoms with E-state index >= 15 is 0 Å². The summed E-state index contributed by atoms with van der Waals surface area (Å²) >= 11 is 0. The largest absolute Gasteiger partial charge is 0.386 e. The molecule has 1 fully saturated rings. The predicted octanol–water partition coefficient (Wildman–Crippen LogP) is 1.29. The fourth-order valence-electron chi connectivity index (χ4n) is 2.94. The third-order valence-electron chi connectivity index (χ3n) is 4.73. The number of rotatable bonds is 7. The maximum absolute atomic E-state index is 13.1. The smallest absolute Gasteiger partial charge is 0.315 e. The summed E-state index contributed by atoms with van der Waals surface area (Å²) in [6.07, 6.45) is -3.14. The number of aliphatic hydroxyl groups is 2. The molecule has 6 nitrogen and oxygen atoms in total. The first kappa shape index (κ1) is 20.2. The third kappa shape index (κ3) is 4.16. The van der Waals surface area contributed by atoms with Crippen LogP contribution in [0.1, 0.15) is 17.4 Å². The normalized spacial score (nSPS) is 17.6. The molecule has 9 heteroatoms. The van der Waals surface area contributed by atoms with Crippen LogP contribution in [0.5, 0.6) is 0 Å². The molecular weight excluding hydrogens is 375 g/mol. The van der Waals surface area contributed by atoms with Gasteiger partial charge >= 0.3 is 6.43 Å². The van der Waals surface area contributed by atoms with Crippen molar-refractivity contribution >= 4 is 5.91 Å². The lowest BCUT2D eigenvalue weighted by Gasteiger charge is -2.36. The number of halogens is 3. The fraction of sp³-hybridized carbons (Fsp3) is 0.368. The molecule has 1 amide bonds. The Morgan fingerprint density at radius 1 is 1.18 bits per heavy atom. The summed E-state index contributed by atoms with van der Waals surface area (Å²) in [5.41, 5.74) is 1.44. The minimum Gasteiger partial charge on any atom is -0.386 e. The van der Waals surface area contributed by atoms with Crippen molar-refractivity contribution in [1.82, 2.24) is 15.6 Å². The monoisotopic (exact) mass is 395 g/mol. The van der Waals surface area contributed by atoms with Gasteiger partial charge in [-0.15, -0.1) is 0 Å². The molecule has 0 saturated carbocycles. The Labute approximate surface area is 159 Å². The van der Waals surface area contributed by atoms with E-state index in [9.17, 15) is 28.2 Å². The number of benzene rings is 1. The molecule has 1 aromatic heterocycles. The Bertz CT molecular complexity index is 811. The van der Waals surface area contributed by atoms with Gasteiger partial charge < -0.3 is 20.8 Å². The molecule has 2 atom stereocenters. The number of pyridine rings is 1. The molecule has 0 aliphatic carbocycles. The number of hydrogen-bond acceptors (Lipinski definition) is 5. The Hall–Kier alpha value is -2.49. The van der Waals surface area contributed by atoms with Crippen LogP contribution in [0, 0.1) is 0 Å². The number of nitrogens with one attached hydrogen (secondary N) is 2. The van der Waals surface area contributed by atoms with E-state index < -0.39 is 36.8 Å². The van der Waals surface area contributed by atoms with Crippen LogP contribution in [0.3, 0.4) is 0 Å². The van der Waals surface area contributed by atoms with Crippen molar-refractivity contribution in [3.63, 3.8) is 0 Å². The molecule has 0 radical (unpaired) electrons. The van der Waals surface area contributed by atoms with Crippen LogP contribution in [0.2, 0.25) is 0 Å². The Balaban J connectivity index is 1.71. The second-order valence-corrected chi connectivity index (χ2v) is 6.70. The summed E-state index contributed by atoms with van der Waals surface area (Å²) in [5.74, 6) is -1.63. The van der Waals surface area contributed by atoms with Crippen LogP contribution in [0.15, 0.2) is 42.6 Å². The molecule has 0 spiro atoms. The molecule has 1 aliphatic rings. The molecule has 1 saturated heterocycles. The zero-order valence-corrected chi connectivity index (χ0v) is 14.8. The molecular formula is C19H20F3N3O3. The second kappa shape index (κ2) is 8.26. The van der Waals surface area contributed by atoms with E-state index in [0.29, 0.717) is 18.8 Å². The van der Waals surface area contributed by atoms with Crippen molar-refractivity contribution in [1.29, 1.82) is 0 Å². The topological polar surface area (TPSA) is 94.5 Å². The molecule has 150 valence electrons. The average molecular weight is 395 g/mol. The average Bonchev–Trinajstić information content (AvgIpc) is 2.69. The Kier molecular flexibility index (Phi) is 5.97. The molecule has 4 N–H and O–H groups in total. The minimum atomic E-state index is -3.28. The van der Waals surface area contributed by atoms with Gasteiger partial charge in [-0.1, -0.05) is 30.3 Å². The third-order valence-corrected chi connectivity index (χ3v) is 4.73. The highest BCUT2D eigenvalue weighted by Gasteiger charge is 2.37. The highest BCUT2D eigenvalue weighted by Crippen LogP contribution is 2.27. The SMILES string of the molecule is O=C(N[C@H](CF)[C@@H](O)c1ccc(-c2ccc(C3(O)CNC3)nc2)cc1)C(F)F. The van der Waals surface area contributed by atoms with E-state index in [1.165, 1.54) is 12.1 Å². The summed E-state index contributed by atoms with van der Waals surface area (Å²) < 4.78 is 37.7. The van der Waals surface area contributed by atoms with E-state index in [0.717, 1.165) is 11.1 Å². The van der Waals surface area contributed by atoms with E-state index in [2.05, 4.69) is 10.3 Å². The molecule has 0 bridgehead atoms. The van der Waals surface area contributed by atoms with Crippen LogP contribution >= 0.6 is 0 Å². The summed E-state index contributed by atoms with van der Waals surface area (Å²) in [7, 11) is 0. The second-order valence-electron chi connectivity index (χ2n) is 6.70. The van der Waals surface area contributed by atoms with Crippen molar-refractivity contribution in [2.45, 2.75) is 24.2 Å². The van der Waals surface area contributed by atoms with Crippen molar-refractivity contribution in [2.24, 2.45) is 0 Å². The quantitative estimate of drug-likeness (QED) is 0.567. The maximum Gasteiger partial charge on any atom is 0.315 e. The molecule has 0 unspecified atom stereocenters. The lowest BCUT2D eigenvalue weighted by Crippen LogP contribution is -2.57. The van der Waals surface area contributed by atoms with Gasteiger partial charge in [0, 0.05) is 24.8 Å². The number of β-amino-alcohol motifs (C(OH)–C–C–N with tert-alkyl or cyclic N) is 1. The summed E-state index contributed by atoms with van der Waals surface area (Å²) in [5, 5.41) is 25.2. The van der Waals surface area contributed by atoms with E-state index in [4.69, 9.17) is 0 Å². The first-order chi connectivity index (χ1) is 13.3. The highest BCUT2D eigenvalue weighted by molar-refractivity contribution is 5.79. The van der Waals surface area contributed by atoms with Crippen LogP contribution < -0.4 is 10.6 Å². The van der Waals surface area contributed by atoms with Gasteiger partial charge in [0.2, 0.25) is 0 Å². The minimum absolute atomic E-state index is 0.278. The van der Waals surface area contributed by atoms with E-state index in [-0.39, 0.29) is 5.56 Å². The van der Waals surface area contributed by atoms with Gasteiger partial charge in [0.05, 0.1) is 11.7 Å². The first-order valence-electron chi connectivity index (χ1n) is 8.66. The van der Waals surface area contributed by atoms with Crippen molar-refractivity contribution in [3.05, 3.63) is 53.9 Å². The lowest BCUT2D eigenvalue weighted by atomic mass is 9.92. The first-order valence-corrected chi connectivity index (χ1v) is 8.66. The number of aliphatic hydroxyl groups excluding tert-OH is 1. The van der Waals surface area contributed by atoms with Gasteiger partial charge in [0.1, 0.15) is 18.4 Å². The van der Waals surface area contributed by atoms with E-state index in [1.807, 2.05) is 0 Å². The van der Waals surface area contributed by atoms with Crippen LogP contribution in [-0.4, -0.2) is 53.3 Å². The van der Waals surface area contributed by atoms with Gasteiger partial charge in [-0.25, -0.2) is 4.39 Å². The zero-order valence-electron chi connectivity index (χ0n) is 14.8. The zero-order chi connectivity index (χ0) is 20.3. The van der Waals surface area contributed by atoms with Gasteiger partial charge in [0.15, 0.2) is 0 Å². The number of carbonyl (C=O) groups is 1. The van der Waals surface area contributed by atoms with E-state index in [1.54, 1.807) is 35.8 Å². The number of carbonyl (C=O) groups excluding carboxylic acids is 1. The van der Waals surface area contributed by atoms with Gasteiger partial charge in [0.25, 0.3) is 5.91 Å². The summed E-state index contributed by atoms with van der Waals surface area (Å²) in [6.45, 7) is -0.294.